The van der Waals surface area contributed by atoms with Crippen LogP contribution in [0.4, 0.5) is 15.8 Å². The molecule has 0 aliphatic heterocycles. The van der Waals surface area contributed by atoms with Crippen molar-refractivity contribution in [2.45, 2.75) is 31.7 Å². The average Bonchev–Trinajstić information content (AvgIpc) is 3.18. The molecule has 138 valence electrons. The standard InChI is InChI=1S/C21H19FN2O3/c22-16-11-5-3-9-14(16)20(25)24-19-18(23-13-7-1-2-8-13)15-10-4-6-12-17(15)27-21(19)26/h3-6,9-13,23H,1-2,7-8H2,(H,24,25). The van der Waals surface area contributed by atoms with Gasteiger partial charge in [-0.2, -0.15) is 0 Å². The average molecular weight is 366 g/mol. The Balaban J connectivity index is 1.78. The number of fused-ring (bicyclic) bond motifs is 1. The van der Waals surface area contributed by atoms with Gasteiger partial charge in [0.25, 0.3) is 5.91 Å². The molecule has 5 nitrogen and oxygen atoms in total. The smallest absolute Gasteiger partial charge is 0.362 e. The van der Waals surface area contributed by atoms with Crippen molar-refractivity contribution in [1.82, 2.24) is 0 Å². The van der Waals surface area contributed by atoms with E-state index in [1.54, 1.807) is 18.2 Å². The summed E-state index contributed by atoms with van der Waals surface area (Å²) in [5, 5.41) is 6.65. The van der Waals surface area contributed by atoms with E-state index in [0.717, 1.165) is 25.7 Å². The molecule has 2 N–H and O–H groups in total. The summed E-state index contributed by atoms with van der Waals surface area (Å²) in [6.07, 6.45) is 4.23. The molecular weight excluding hydrogens is 347 g/mol. The Morgan fingerprint density at radius 3 is 2.48 bits per heavy atom. The second kappa shape index (κ2) is 7.23. The Labute approximate surface area is 155 Å². The first-order valence-corrected chi connectivity index (χ1v) is 9.02. The van der Waals surface area contributed by atoms with E-state index in [0.29, 0.717) is 16.7 Å². The van der Waals surface area contributed by atoms with E-state index < -0.39 is 17.3 Å². The molecule has 1 aliphatic carbocycles. The minimum atomic E-state index is -0.690. The minimum absolute atomic E-state index is 0.00820. The van der Waals surface area contributed by atoms with Gasteiger partial charge < -0.3 is 15.1 Å². The van der Waals surface area contributed by atoms with Crippen LogP contribution in [0.15, 0.2) is 57.7 Å². The fraction of sp³-hybridized carbons (Fsp3) is 0.238. The summed E-state index contributed by atoms with van der Waals surface area (Å²) < 4.78 is 19.3. The van der Waals surface area contributed by atoms with E-state index in [-0.39, 0.29) is 17.3 Å². The van der Waals surface area contributed by atoms with Crippen molar-refractivity contribution in [2.24, 2.45) is 0 Å². The van der Waals surface area contributed by atoms with Crippen molar-refractivity contribution in [3.63, 3.8) is 0 Å². The molecular formula is C21H19FN2O3. The van der Waals surface area contributed by atoms with Gasteiger partial charge in [0, 0.05) is 11.4 Å². The van der Waals surface area contributed by atoms with Gasteiger partial charge in [-0.15, -0.1) is 0 Å². The maximum Gasteiger partial charge on any atom is 0.362 e. The molecule has 1 amide bonds. The monoisotopic (exact) mass is 366 g/mol. The van der Waals surface area contributed by atoms with Crippen molar-refractivity contribution in [2.75, 3.05) is 10.6 Å². The molecule has 1 saturated carbocycles. The van der Waals surface area contributed by atoms with Gasteiger partial charge in [0.15, 0.2) is 5.69 Å². The highest BCUT2D eigenvalue weighted by atomic mass is 19.1. The number of rotatable bonds is 4. The highest BCUT2D eigenvalue weighted by Crippen LogP contribution is 2.32. The lowest BCUT2D eigenvalue weighted by Crippen LogP contribution is -2.23. The van der Waals surface area contributed by atoms with E-state index in [9.17, 15) is 14.0 Å². The highest BCUT2D eigenvalue weighted by molar-refractivity contribution is 6.08. The molecule has 0 bridgehead atoms. The molecule has 0 atom stereocenters. The molecule has 1 aromatic heterocycles. The SMILES string of the molecule is O=C(Nc1c(NC2CCCC2)c2ccccc2oc1=O)c1ccccc1F. The molecule has 0 saturated heterocycles. The van der Waals surface area contributed by atoms with Gasteiger partial charge in [-0.05, 0) is 37.1 Å². The Bertz CT molecular complexity index is 1050. The lowest BCUT2D eigenvalue weighted by atomic mass is 10.1. The summed E-state index contributed by atoms with van der Waals surface area (Å²) in [5.41, 5.74) is 0.176. The van der Waals surface area contributed by atoms with E-state index in [2.05, 4.69) is 10.6 Å². The first-order valence-electron chi connectivity index (χ1n) is 9.02. The van der Waals surface area contributed by atoms with Gasteiger partial charge >= 0.3 is 5.63 Å². The number of carbonyl (C=O) groups is 1. The molecule has 1 fully saturated rings. The fourth-order valence-corrected chi connectivity index (χ4v) is 3.51. The zero-order valence-corrected chi connectivity index (χ0v) is 14.6. The lowest BCUT2D eigenvalue weighted by molar-refractivity contribution is 0.102. The maximum atomic E-state index is 13.9. The molecule has 6 heteroatoms. The molecule has 0 spiro atoms. The Morgan fingerprint density at radius 1 is 1.00 bits per heavy atom. The fourth-order valence-electron chi connectivity index (χ4n) is 3.51. The molecule has 27 heavy (non-hydrogen) atoms. The van der Waals surface area contributed by atoms with Gasteiger partial charge in [0.2, 0.25) is 0 Å². The summed E-state index contributed by atoms with van der Waals surface area (Å²) in [4.78, 5) is 25.1. The summed E-state index contributed by atoms with van der Waals surface area (Å²) >= 11 is 0. The zero-order chi connectivity index (χ0) is 18.8. The number of carbonyl (C=O) groups excluding carboxylic acids is 1. The number of para-hydroxylation sites is 1. The number of hydrogen-bond donors (Lipinski definition) is 2. The van der Waals surface area contributed by atoms with Gasteiger partial charge in [-0.1, -0.05) is 37.1 Å². The molecule has 1 aliphatic rings. The third-order valence-corrected chi connectivity index (χ3v) is 4.87. The molecule has 2 aromatic carbocycles. The highest BCUT2D eigenvalue weighted by Gasteiger charge is 2.22. The lowest BCUT2D eigenvalue weighted by Gasteiger charge is -2.18. The van der Waals surface area contributed by atoms with Crippen LogP contribution >= 0.6 is 0 Å². The summed E-state index contributed by atoms with van der Waals surface area (Å²) in [7, 11) is 0. The van der Waals surface area contributed by atoms with Gasteiger partial charge in [0.05, 0.1) is 11.3 Å². The normalized spacial score (nSPS) is 14.4. The zero-order valence-electron chi connectivity index (χ0n) is 14.6. The Kier molecular flexibility index (Phi) is 4.62. The van der Waals surface area contributed by atoms with Crippen LogP contribution in [0.25, 0.3) is 11.0 Å². The van der Waals surface area contributed by atoms with Crippen molar-refractivity contribution in [1.29, 1.82) is 0 Å². The van der Waals surface area contributed by atoms with Crippen LogP contribution in [0.1, 0.15) is 36.0 Å². The quantitative estimate of drug-likeness (QED) is 0.665. The number of nitrogens with one attached hydrogen (secondary N) is 2. The van der Waals surface area contributed by atoms with E-state index in [4.69, 9.17) is 4.42 Å². The second-order valence-electron chi connectivity index (χ2n) is 6.70. The topological polar surface area (TPSA) is 71.3 Å². The summed E-state index contributed by atoms with van der Waals surface area (Å²) in [6, 6.07) is 13.0. The van der Waals surface area contributed by atoms with Crippen LogP contribution in [0, 0.1) is 5.82 Å². The van der Waals surface area contributed by atoms with Crippen LogP contribution < -0.4 is 16.3 Å². The second-order valence-corrected chi connectivity index (χ2v) is 6.70. The van der Waals surface area contributed by atoms with Crippen LogP contribution in [0.2, 0.25) is 0 Å². The summed E-state index contributed by atoms with van der Waals surface area (Å²) in [6.45, 7) is 0. The summed E-state index contributed by atoms with van der Waals surface area (Å²) in [5.74, 6) is -1.34. The van der Waals surface area contributed by atoms with Crippen molar-refractivity contribution in [3.8, 4) is 0 Å². The molecule has 1 heterocycles. The first-order chi connectivity index (χ1) is 13.1. The van der Waals surface area contributed by atoms with Gasteiger partial charge in [0.1, 0.15) is 11.4 Å². The number of amides is 1. The largest absolute Gasteiger partial charge is 0.421 e. The molecule has 4 rings (SSSR count). The predicted octanol–water partition coefficient (Wildman–Crippen LogP) is 4.54. The number of halogens is 1. The minimum Gasteiger partial charge on any atom is -0.421 e. The molecule has 0 radical (unpaired) electrons. The first kappa shape index (κ1) is 17.3. The van der Waals surface area contributed by atoms with Crippen LogP contribution in [0.5, 0.6) is 0 Å². The Morgan fingerprint density at radius 2 is 1.70 bits per heavy atom. The molecule has 0 unspecified atom stereocenters. The van der Waals surface area contributed by atoms with E-state index in [1.807, 2.05) is 12.1 Å². The van der Waals surface area contributed by atoms with E-state index in [1.165, 1.54) is 18.2 Å². The van der Waals surface area contributed by atoms with Crippen LogP contribution in [-0.2, 0) is 0 Å². The maximum absolute atomic E-state index is 13.9. The van der Waals surface area contributed by atoms with Gasteiger partial charge in [-0.25, -0.2) is 9.18 Å². The third kappa shape index (κ3) is 3.43. The van der Waals surface area contributed by atoms with Crippen molar-refractivity contribution < 1.29 is 13.6 Å². The van der Waals surface area contributed by atoms with Crippen LogP contribution in [0.3, 0.4) is 0 Å². The number of anilines is 2. The van der Waals surface area contributed by atoms with Crippen LogP contribution in [-0.4, -0.2) is 11.9 Å². The van der Waals surface area contributed by atoms with Crippen molar-refractivity contribution >= 4 is 28.3 Å². The molecule has 3 aromatic rings. The van der Waals surface area contributed by atoms with Gasteiger partial charge in [-0.3, -0.25) is 4.79 Å². The Hall–Kier alpha value is -3.15. The van der Waals surface area contributed by atoms with E-state index >= 15 is 0 Å². The predicted molar refractivity (Wildman–Crippen MR) is 103 cm³/mol. The number of hydrogen-bond acceptors (Lipinski definition) is 4. The number of benzene rings is 2. The third-order valence-electron chi connectivity index (χ3n) is 4.87. The van der Waals surface area contributed by atoms with Crippen molar-refractivity contribution in [3.05, 3.63) is 70.3 Å².